The Balaban J connectivity index is 1.97. The van der Waals surface area contributed by atoms with Gasteiger partial charge in [0.2, 0.25) is 5.91 Å². The van der Waals surface area contributed by atoms with E-state index in [1.807, 2.05) is 0 Å². The summed E-state index contributed by atoms with van der Waals surface area (Å²) < 4.78 is 37.3. The third-order valence-electron chi connectivity index (χ3n) is 2.69. The maximum atomic E-state index is 12.4. The van der Waals surface area contributed by atoms with E-state index in [4.69, 9.17) is 34.8 Å². The Morgan fingerprint density at radius 1 is 1.17 bits per heavy atom. The van der Waals surface area contributed by atoms with Crippen molar-refractivity contribution in [1.82, 2.24) is 4.98 Å². The van der Waals surface area contributed by atoms with E-state index in [1.165, 1.54) is 18.2 Å². The lowest BCUT2D eigenvalue weighted by Crippen LogP contribution is -2.15. The highest BCUT2D eigenvalue weighted by molar-refractivity contribution is 7.99. The average Bonchev–Trinajstić information content (AvgIpc) is 2.48. The first-order chi connectivity index (χ1) is 11.2. The number of amides is 1. The predicted molar refractivity (Wildman–Crippen MR) is 90.1 cm³/mol. The highest BCUT2D eigenvalue weighted by atomic mass is 35.5. The van der Waals surface area contributed by atoms with E-state index in [2.05, 4.69) is 10.3 Å². The number of carbonyl (C=O) groups excluding carboxylic acids is 1. The van der Waals surface area contributed by atoms with E-state index in [-0.39, 0.29) is 26.5 Å². The molecule has 0 saturated heterocycles. The number of benzene rings is 1. The second-order valence-corrected chi connectivity index (χ2v) is 6.71. The van der Waals surface area contributed by atoms with Gasteiger partial charge < -0.3 is 5.32 Å². The SMILES string of the molecule is O=C(CSc1ccc(C(F)(F)F)cn1)Nc1c(Cl)cc(Cl)cc1Cl. The van der Waals surface area contributed by atoms with Crippen LogP contribution in [0.2, 0.25) is 15.1 Å². The molecule has 0 radical (unpaired) electrons. The Labute approximate surface area is 154 Å². The maximum Gasteiger partial charge on any atom is 0.417 e. The van der Waals surface area contributed by atoms with Crippen molar-refractivity contribution in [3.8, 4) is 0 Å². The lowest BCUT2D eigenvalue weighted by Gasteiger charge is -2.10. The third kappa shape index (κ3) is 5.17. The first-order valence-corrected chi connectivity index (χ1v) is 8.39. The number of aromatic nitrogens is 1. The predicted octanol–water partition coefficient (Wildman–Crippen LogP) is 5.79. The number of alkyl halides is 3. The first kappa shape index (κ1) is 19.2. The quantitative estimate of drug-likeness (QED) is 0.643. The third-order valence-corrected chi connectivity index (χ3v) is 4.44. The van der Waals surface area contributed by atoms with Crippen molar-refractivity contribution in [1.29, 1.82) is 0 Å². The van der Waals surface area contributed by atoms with Crippen LogP contribution in [0.4, 0.5) is 18.9 Å². The number of carbonyl (C=O) groups is 1. The Morgan fingerprint density at radius 3 is 2.29 bits per heavy atom. The molecule has 0 unspecified atom stereocenters. The molecule has 0 fully saturated rings. The maximum absolute atomic E-state index is 12.4. The molecule has 2 aromatic rings. The Hall–Kier alpha value is -1.15. The topological polar surface area (TPSA) is 42.0 Å². The van der Waals surface area contributed by atoms with E-state index in [9.17, 15) is 18.0 Å². The van der Waals surface area contributed by atoms with Crippen LogP contribution in [0.15, 0.2) is 35.5 Å². The van der Waals surface area contributed by atoms with Crippen LogP contribution in [0.5, 0.6) is 0 Å². The van der Waals surface area contributed by atoms with Crippen molar-refractivity contribution in [3.63, 3.8) is 0 Å². The summed E-state index contributed by atoms with van der Waals surface area (Å²) in [6.45, 7) is 0. The summed E-state index contributed by atoms with van der Waals surface area (Å²) in [6, 6.07) is 4.95. The molecule has 1 aromatic heterocycles. The first-order valence-electron chi connectivity index (χ1n) is 6.27. The van der Waals surface area contributed by atoms with Crippen LogP contribution in [0.3, 0.4) is 0 Å². The van der Waals surface area contributed by atoms with Crippen molar-refractivity contribution < 1.29 is 18.0 Å². The van der Waals surface area contributed by atoms with Crippen LogP contribution >= 0.6 is 46.6 Å². The summed E-state index contributed by atoms with van der Waals surface area (Å²) in [7, 11) is 0. The fraction of sp³-hybridized carbons (Fsp3) is 0.143. The summed E-state index contributed by atoms with van der Waals surface area (Å²) in [5.74, 6) is -0.513. The van der Waals surface area contributed by atoms with Gasteiger partial charge in [0.05, 0.1) is 32.1 Å². The summed E-state index contributed by atoms with van der Waals surface area (Å²) in [6.07, 6.45) is -3.73. The lowest BCUT2D eigenvalue weighted by atomic mass is 10.3. The number of halogens is 6. The number of thioether (sulfide) groups is 1. The van der Waals surface area contributed by atoms with Gasteiger partial charge in [0, 0.05) is 11.2 Å². The fourth-order valence-corrected chi connectivity index (χ4v) is 3.16. The van der Waals surface area contributed by atoms with Crippen molar-refractivity contribution in [3.05, 3.63) is 51.1 Å². The molecule has 0 bridgehead atoms. The van der Waals surface area contributed by atoms with Crippen LogP contribution in [-0.4, -0.2) is 16.6 Å². The zero-order chi connectivity index (χ0) is 17.9. The molecule has 0 aliphatic carbocycles. The van der Waals surface area contributed by atoms with Gasteiger partial charge in [0.25, 0.3) is 0 Å². The van der Waals surface area contributed by atoms with Crippen LogP contribution in [0.1, 0.15) is 5.56 Å². The molecule has 0 atom stereocenters. The summed E-state index contributed by atoms with van der Waals surface area (Å²) in [4.78, 5) is 15.6. The average molecular weight is 416 g/mol. The van der Waals surface area contributed by atoms with Crippen molar-refractivity contribution in [2.45, 2.75) is 11.2 Å². The normalized spacial score (nSPS) is 11.4. The minimum atomic E-state index is -4.45. The van der Waals surface area contributed by atoms with Gasteiger partial charge in [-0.25, -0.2) is 4.98 Å². The molecule has 128 valence electrons. The molecule has 1 aromatic carbocycles. The number of rotatable bonds is 4. The molecule has 0 saturated carbocycles. The second kappa shape index (κ2) is 7.82. The molecule has 0 aliphatic heterocycles. The van der Waals surface area contributed by atoms with Gasteiger partial charge >= 0.3 is 6.18 Å². The summed E-state index contributed by atoms with van der Waals surface area (Å²) in [5.41, 5.74) is -0.634. The number of nitrogens with one attached hydrogen (secondary N) is 1. The van der Waals surface area contributed by atoms with Crippen molar-refractivity contribution >= 4 is 58.2 Å². The Morgan fingerprint density at radius 2 is 1.79 bits per heavy atom. The van der Waals surface area contributed by atoms with E-state index >= 15 is 0 Å². The largest absolute Gasteiger partial charge is 0.417 e. The minimum absolute atomic E-state index is 0.0757. The monoisotopic (exact) mass is 414 g/mol. The van der Waals surface area contributed by atoms with E-state index in [0.717, 1.165) is 17.8 Å². The summed E-state index contributed by atoms with van der Waals surface area (Å²) >= 11 is 18.6. The molecule has 1 heterocycles. The van der Waals surface area contributed by atoms with Gasteiger partial charge in [0.1, 0.15) is 0 Å². The van der Waals surface area contributed by atoms with E-state index in [0.29, 0.717) is 11.2 Å². The zero-order valence-electron chi connectivity index (χ0n) is 11.6. The van der Waals surface area contributed by atoms with Crippen LogP contribution in [0.25, 0.3) is 0 Å². The molecule has 24 heavy (non-hydrogen) atoms. The molecule has 3 nitrogen and oxygen atoms in total. The fourth-order valence-electron chi connectivity index (χ4n) is 1.61. The number of pyridine rings is 1. The summed E-state index contributed by atoms with van der Waals surface area (Å²) in [5, 5.41) is 3.49. The Bertz CT molecular complexity index is 731. The second-order valence-electron chi connectivity index (χ2n) is 4.46. The number of anilines is 1. The molecule has 2 rings (SSSR count). The Kier molecular flexibility index (Phi) is 6.25. The van der Waals surface area contributed by atoms with Crippen LogP contribution < -0.4 is 5.32 Å². The number of hydrogen-bond acceptors (Lipinski definition) is 3. The van der Waals surface area contributed by atoms with Gasteiger partial charge in [-0.1, -0.05) is 46.6 Å². The van der Waals surface area contributed by atoms with E-state index < -0.39 is 17.6 Å². The molecule has 1 amide bonds. The van der Waals surface area contributed by atoms with Gasteiger partial charge in [-0.15, -0.1) is 0 Å². The van der Waals surface area contributed by atoms with Crippen molar-refractivity contribution in [2.75, 3.05) is 11.1 Å². The molecule has 10 heteroatoms. The van der Waals surface area contributed by atoms with Crippen LogP contribution in [-0.2, 0) is 11.0 Å². The van der Waals surface area contributed by atoms with Gasteiger partial charge in [-0.3, -0.25) is 4.79 Å². The molecular formula is C14H8Cl3F3N2OS. The molecular weight excluding hydrogens is 408 g/mol. The molecule has 0 spiro atoms. The highest BCUT2D eigenvalue weighted by Gasteiger charge is 2.30. The standard InChI is InChI=1S/C14H8Cl3F3N2OS/c15-8-3-9(16)13(10(17)4-8)22-11(23)6-24-12-2-1-7(5-21-12)14(18,19)20/h1-5H,6H2,(H,22,23). The molecule has 1 N–H and O–H groups in total. The number of hydrogen-bond donors (Lipinski definition) is 1. The van der Waals surface area contributed by atoms with Crippen LogP contribution in [0, 0.1) is 0 Å². The lowest BCUT2D eigenvalue weighted by molar-refractivity contribution is -0.137. The smallest absolute Gasteiger partial charge is 0.323 e. The minimum Gasteiger partial charge on any atom is -0.323 e. The van der Waals surface area contributed by atoms with Gasteiger partial charge in [-0.05, 0) is 24.3 Å². The molecule has 0 aliphatic rings. The zero-order valence-corrected chi connectivity index (χ0v) is 14.7. The van der Waals surface area contributed by atoms with Crippen molar-refractivity contribution in [2.24, 2.45) is 0 Å². The van der Waals surface area contributed by atoms with Gasteiger partial charge in [0.15, 0.2) is 0 Å². The van der Waals surface area contributed by atoms with E-state index in [1.54, 1.807) is 0 Å². The van der Waals surface area contributed by atoms with Gasteiger partial charge in [-0.2, -0.15) is 13.2 Å². The highest BCUT2D eigenvalue weighted by Crippen LogP contribution is 2.34. The number of nitrogens with zero attached hydrogens (tertiary/aromatic N) is 1.